The molecule has 3 rings (SSSR count). The smallest absolute Gasteiger partial charge is 0.305 e. The van der Waals surface area contributed by atoms with Crippen molar-refractivity contribution in [1.29, 1.82) is 0 Å². The summed E-state index contributed by atoms with van der Waals surface area (Å²) in [6.45, 7) is 8.11. The Morgan fingerprint density at radius 2 is 1.17 bits per heavy atom. The van der Waals surface area contributed by atoms with Crippen LogP contribution < -0.4 is 60.6 Å². The van der Waals surface area contributed by atoms with E-state index in [1.165, 1.54) is 16.3 Å². The highest BCUT2D eigenvalue weighted by Gasteiger charge is 2.35. The summed E-state index contributed by atoms with van der Waals surface area (Å²) in [4.78, 5) is 101. The number of fused-ring (bicyclic) bond motifs is 1. The van der Waals surface area contributed by atoms with Crippen LogP contribution in [0.15, 0.2) is 52.4 Å². The third kappa shape index (κ3) is 20.3. The van der Waals surface area contributed by atoms with Crippen LogP contribution in [0.4, 0.5) is 0 Å². The van der Waals surface area contributed by atoms with Crippen LogP contribution >= 0.6 is 0 Å². The Hall–Kier alpha value is -6.51. The molecular formula is C48H77N13O8. The Morgan fingerprint density at radius 1 is 0.652 bits per heavy atom. The van der Waals surface area contributed by atoms with E-state index in [0.717, 1.165) is 38.6 Å². The van der Waals surface area contributed by atoms with Gasteiger partial charge in [0.1, 0.15) is 30.2 Å². The van der Waals surface area contributed by atoms with Gasteiger partial charge in [0.05, 0.1) is 6.42 Å². The molecule has 17 N–H and O–H groups in total. The maximum Gasteiger partial charge on any atom is 0.305 e. The number of guanidine groups is 2. The van der Waals surface area contributed by atoms with Gasteiger partial charge in [-0.1, -0.05) is 83.0 Å². The van der Waals surface area contributed by atoms with Gasteiger partial charge in [-0.15, -0.1) is 0 Å². The van der Waals surface area contributed by atoms with Crippen molar-refractivity contribution in [2.45, 2.75) is 147 Å². The lowest BCUT2D eigenvalue weighted by Gasteiger charge is -2.30. The van der Waals surface area contributed by atoms with Crippen LogP contribution in [0, 0.1) is 17.8 Å². The van der Waals surface area contributed by atoms with E-state index in [1.807, 2.05) is 12.1 Å². The first-order valence-corrected chi connectivity index (χ1v) is 24.1. The van der Waals surface area contributed by atoms with Crippen LogP contribution in [0.1, 0.15) is 110 Å². The number of carboxylic acid groups (broad SMARTS) is 1. The van der Waals surface area contributed by atoms with Crippen molar-refractivity contribution in [3.8, 4) is 0 Å². The second-order valence-electron chi connectivity index (χ2n) is 18.2. The molecule has 21 heteroatoms. The molecule has 1 aliphatic carbocycles. The predicted molar refractivity (Wildman–Crippen MR) is 266 cm³/mol. The predicted octanol–water partition coefficient (Wildman–Crippen LogP) is 0.504. The molecule has 0 aromatic heterocycles. The summed E-state index contributed by atoms with van der Waals surface area (Å²) in [5, 5.41) is 29.1. The zero-order valence-electron chi connectivity index (χ0n) is 40.6. The fourth-order valence-electron chi connectivity index (χ4n) is 8.30. The standard InChI is InChI=1S/C48H77N13O8/c1-5-28(3)40(42(49)65)60-44(67)36(14-10-23-56-48(52)53)58-45(68)37(27-39(63)64)59-46(69)41(29(4)6-2)61-43(66)35(13-9-22-55-47(50)51)57-38(62)26-30-16-19-34(20-17-30)54-24-21-31-15-18-32-11-7-8-12-33(32)25-31/h7-8,11-12,15,18,25,28-30,34-37,40-41,54H,5-6,9-10,13-14,16-17,19-24,26-27H2,1-4H3,(H2,49,65)(H,57,62)(H,58,68)(H,59,69)(H,60,67)(H,61,66)(H,63,64)(H4,50,51,55)(H4,52,53,56)/t28-,29-,30?,34?,35-,36-,37-,40-,41-/m0/s1. The Bertz CT molecular complexity index is 2090. The molecule has 1 saturated carbocycles. The number of carbonyl (C=O) groups excluding carboxylic acids is 6. The minimum atomic E-state index is -1.71. The van der Waals surface area contributed by atoms with Gasteiger partial charge in [0.15, 0.2) is 11.9 Å². The Balaban J connectivity index is 1.69. The molecule has 21 nitrogen and oxygen atoms in total. The molecular weight excluding hydrogens is 887 g/mol. The van der Waals surface area contributed by atoms with E-state index in [2.05, 4.69) is 72.2 Å². The van der Waals surface area contributed by atoms with Gasteiger partial charge in [-0.2, -0.15) is 0 Å². The topological polar surface area (TPSA) is 367 Å². The average molecular weight is 964 g/mol. The quantitative estimate of drug-likeness (QED) is 0.0289. The van der Waals surface area contributed by atoms with Crippen molar-refractivity contribution < 1.29 is 38.7 Å². The normalized spacial score (nSPS) is 17.6. The van der Waals surface area contributed by atoms with Crippen LogP contribution in [0.5, 0.6) is 0 Å². The van der Waals surface area contributed by atoms with E-state index >= 15 is 0 Å². The molecule has 0 unspecified atom stereocenters. The lowest BCUT2D eigenvalue weighted by molar-refractivity contribution is -0.141. The molecule has 1 aliphatic rings. The maximum atomic E-state index is 14.1. The van der Waals surface area contributed by atoms with E-state index in [0.29, 0.717) is 25.3 Å². The number of benzene rings is 2. The summed E-state index contributed by atoms with van der Waals surface area (Å²) in [6.07, 6.45) is 5.17. The molecule has 0 bridgehead atoms. The number of nitrogens with zero attached hydrogens (tertiary/aromatic N) is 2. The number of nitrogens with two attached hydrogens (primary N) is 5. The first-order valence-electron chi connectivity index (χ1n) is 24.1. The fraction of sp³-hybridized carbons (Fsp3) is 0.604. The minimum absolute atomic E-state index is 0.0400. The molecule has 382 valence electrons. The molecule has 0 heterocycles. The molecule has 2 aromatic carbocycles. The highest BCUT2D eigenvalue weighted by atomic mass is 16.4. The van der Waals surface area contributed by atoms with Crippen LogP contribution in [-0.4, -0.2) is 114 Å². The van der Waals surface area contributed by atoms with Crippen molar-refractivity contribution >= 4 is 64.1 Å². The van der Waals surface area contributed by atoms with Crippen LogP contribution in [0.25, 0.3) is 10.8 Å². The molecule has 2 aromatic rings. The van der Waals surface area contributed by atoms with E-state index in [1.54, 1.807) is 27.7 Å². The lowest BCUT2D eigenvalue weighted by Crippen LogP contribution is -2.60. The third-order valence-electron chi connectivity index (χ3n) is 12.8. The van der Waals surface area contributed by atoms with E-state index in [4.69, 9.17) is 28.7 Å². The second-order valence-corrected chi connectivity index (χ2v) is 18.2. The zero-order chi connectivity index (χ0) is 51.0. The molecule has 1 fully saturated rings. The number of carbonyl (C=O) groups is 7. The van der Waals surface area contributed by atoms with Gasteiger partial charge in [-0.3, -0.25) is 43.5 Å². The third-order valence-corrected chi connectivity index (χ3v) is 12.8. The number of rotatable bonds is 30. The molecule has 0 radical (unpaired) electrons. The van der Waals surface area contributed by atoms with Gasteiger partial charge in [0.25, 0.3) is 0 Å². The zero-order valence-corrected chi connectivity index (χ0v) is 40.6. The summed E-state index contributed by atoms with van der Waals surface area (Å²) in [6, 6.07) is 8.68. The number of nitrogens with one attached hydrogen (secondary N) is 6. The van der Waals surface area contributed by atoms with Crippen LogP contribution in [-0.2, 0) is 40.0 Å². The minimum Gasteiger partial charge on any atom is -0.481 e. The van der Waals surface area contributed by atoms with Crippen LogP contribution in [0.3, 0.4) is 0 Å². The Kier molecular flexibility index (Phi) is 24.2. The van der Waals surface area contributed by atoms with Gasteiger partial charge < -0.3 is 65.7 Å². The number of hydrogen-bond acceptors (Lipinski definition) is 10. The number of aliphatic carboxylic acids is 1. The van der Waals surface area contributed by atoms with Crippen molar-refractivity contribution in [1.82, 2.24) is 31.9 Å². The second kappa shape index (κ2) is 29.4. The Labute approximate surface area is 405 Å². The largest absolute Gasteiger partial charge is 0.481 e. The van der Waals surface area contributed by atoms with Crippen LogP contribution in [0.2, 0.25) is 0 Å². The SMILES string of the molecule is CC[C@H](C)[C@H](NC(=O)[C@H](CCCN=C(N)N)NC(=O)[C@H](CC(=O)O)NC(=O)[C@@H](NC(=O)[C@H](CCCN=C(N)N)NC(=O)CC1CCC(NCCc2ccc3ccccc3c2)CC1)[C@@H](C)CC)C(N)=O. The van der Waals surface area contributed by atoms with Crippen molar-refractivity contribution in [3.05, 3.63) is 48.0 Å². The summed E-state index contributed by atoms with van der Waals surface area (Å²) in [5.41, 5.74) is 28.7. The summed E-state index contributed by atoms with van der Waals surface area (Å²) >= 11 is 0. The van der Waals surface area contributed by atoms with Gasteiger partial charge >= 0.3 is 5.97 Å². The maximum absolute atomic E-state index is 14.1. The molecule has 69 heavy (non-hydrogen) atoms. The lowest BCUT2D eigenvalue weighted by atomic mass is 9.84. The van der Waals surface area contributed by atoms with E-state index in [9.17, 15) is 38.7 Å². The first-order chi connectivity index (χ1) is 32.8. The molecule has 0 saturated heterocycles. The molecule has 6 amide bonds. The number of hydrogen-bond donors (Lipinski definition) is 12. The average Bonchev–Trinajstić information content (AvgIpc) is 3.30. The highest BCUT2D eigenvalue weighted by Crippen LogP contribution is 2.27. The van der Waals surface area contributed by atoms with E-state index in [-0.39, 0.29) is 68.4 Å². The number of aliphatic imine (C=N–C) groups is 2. The van der Waals surface area contributed by atoms with Gasteiger partial charge in [0, 0.05) is 25.6 Å². The molecule has 0 spiro atoms. The fourth-order valence-corrected chi connectivity index (χ4v) is 8.30. The number of carboxylic acids is 1. The van der Waals surface area contributed by atoms with Gasteiger partial charge in [0.2, 0.25) is 35.4 Å². The molecule has 7 atom stereocenters. The number of primary amides is 1. The van der Waals surface area contributed by atoms with Crippen molar-refractivity contribution in [2.75, 3.05) is 19.6 Å². The van der Waals surface area contributed by atoms with Crippen molar-refractivity contribution in [2.24, 2.45) is 56.4 Å². The monoisotopic (exact) mass is 964 g/mol. The Morgan fingerprint density at radius 3 is 1.72 bits per heavy atom. The van der Waals surface area contributed by atoms with Gasteiger partial charge in [-0.25, -0.2) is 0 Å². The van der Waals surface area contributed by atoms with Gasteiger partial charge in [-0.05, 0) is 98.4 Å². The summed E-state index contributed by atoms with van der Waals surface area (Å²) in [5.74, 6) is -6.98. The summed E-state index contributed by atoms with van der Waals surface area (Å²) in [7, 11) is 0. The first kappa shape index (κ1) is 56.8. The summed E-state index contributed by atoms with van der Waals surface area (Å²) < 4.78 is 0. The van der Waals surface area contributed by atoms with E-state index < -0.39 is 78.1 Å². The molecule has 0 aliphatic heterocycles. The number of amides is 6. The highest BCUT2D eigenvalue weighted by molar-refractivity contribution is 5.97. The van der Waals surface area contributed by atoms with Crippen molar-refractivity contribution in [3.63, 3.8) is 0 Å².